The van der Waals surface area contributed by atoms with Gasteiger partial charge in [-0.2, -0.15) is 0 Å². The number of benzene rings is 4. The van der Waals surface area contributed by atoms with Gasteiger partial charge in [0.25, 0.3) is 0 Å². The zero-order chi connectivity index (χ0) is 26.1. The molecule has 0 aliphatic carbocycles. The molecule has 0 saturated heterocycles. The van der Waals surface area contributed by atoms with Crippen LogP contribution >= 0.6 is 0 Å². The molecule has 4 N–H and O–H groups in total. The summed E-state index contributed by atoms with van der Waals surface area (Å²) >= 11 is 0. The van der Waals surface area contributed by atoms with Gasteiger partial charge in [-0.3, -0.25) is 9.59 Å². The van der Waals surface area contributed by atoms with Gasteiger partial charge in [-0.15, -0.1) is 0 Å². The summed E-state index contributed by atoms with van der Waals surface area (Å²) in [7, 11) is 0. The maximum atomic E-state index is 13.2. The zero-order valence-electron chi connectivity index (χ0n) is 20.9. The van der Waals surface area contributed by atoms with E-state index in [-0.39, 0.29) is 0 Å². The van der Waals surface area contributed by atoms with Crippen molar-refractivity contribution in [1.82, 2.24) is 10.6 Å². The van der Waals surface area contributed by atoms with Gasteiger partial charge in [-0.25, -0.2) is 0 Å². The summed E-state index contributed by atoms with van der Waals surface area (Å²) in [4.78, 5) is 26.3. The molecule has 186 valence electrons. The molecule has 36 heavy (non-hydrogen) atoms. The molecule has 4 aromatic carbocycles. The van der Waals surface area contributed by atoms with Gasteiger partial charge in [0.15, 0.2) is 0 Å². The van der Waals surface area contributed by atoms with Gasteiger partial charge < -0.3 is 20.8 Å². The predicted molar refractivity (Wildman–Crippen MR) is 142 cm³/mol. The summed E-state index contributed by atoms with van der Waals surface area (Å²) in [6, 6.07) is 24.9. The SMILES string of the molecule is CC(C)(O)C(NC(=O)C(=O)NC(c1cccc2ccccc12)C(C)(C)O)c1cccc2ccccc12. The second-order valence-corrected chi connectivity index (χ2v) is 10.3. The number of carbonyl (C=O) groups is 2. The van der Waals surface area contributed by atoms with Gasteiger partial charge in [0.1, 0.15) is 0 Å². The molecule has 0 bridgehead atoms. The normalized spacial score (nSPS) is 13.8. The third-order valence-corrected chi connectivity index (χ3v) is 6.44. The molecule has 0 spiro atoms. The van der Waals surface area contributed by atoms with Crippen LogP contribution < -0.4 is 10.6 Å². The third-order valence-electron chi connectivity index (χ3n) is 6.44. The molecule has 4 aromatic rings. The van der Waals surface area contributed by atoms with Gasteiger partial charge in [0.2, 0.25) is 0 Å². The Kier molecular flexibility index (Phi) is 6.85. The van der Waals surface area contributed by atoms with Crippen LogP contribution in [0.3, 0.4) is 0 Å². The van der Waals surface area contributed by atoms with Gasteiger partial charge in [0.05, 0.1) is 23.3 Å². The van der Waals surface area contributed by atoms with E-state index in [0.717, 1.165) is 21.5 Å². The summed E-state index contributed by atoms with van der Waals surface area (Å²) in [6.45, 7) is 6.36. The minimum Gasteiger partial charge on any atom is -0.388 e. The molecule has 0 saturated carbocycles. The number of nitrogens with one attached hydrogen (secondary N) is 2. The van der Waals surface area contributed by atoms with Crippen LogP contribution in [0.15, 0.2) is 84.9 Å². The monoisotopic (exact) mass is 484 g/mol. The number of hydrogen-bond acceptors (Lipinski definition) is 4. The molecule has 6 heteroatoms. The molecule has 2 atom stereocenters. The van der Waals surface area contributed by atoms with Crippen LogP contribution in [-0.4, -0.2) is 33.2 Å². The van der Waals surface area contributed by atoms with Crippen molar-refractivity contribution in [3.05, 3.63) is 96.1 Å². The number of rotatable bonds is 6. The van der Waals surface area contributed by atoms with E-state index < -0.39 is 35.1 Å². The van der Waals surface area contributed by atoms with Crippen molar-refractivity contribution >= 4 is 33.4 Å². The van der Waals surface area contributed by atoms with Gasteiger partial charge in [-0.1, -0.05) is 84.9 Å². The minimum atomic E-state index is -1.36. The number of carbonyl (C=O) groups excluding carboxylic acids is 2. The van der Waals surface area contributed by atoms with Gasteiger partial charge in [0, 0.05) is 0 Å². The summed E-state index contributed by atoms with van der Waals surface area (Å²) in [5.41, 5.74) is -1.30. The Morgan fingerprint density at radius 2 is 0.917 bits per heavy atom. The number of aliphatic hydroxyl groups is 2. The fourth-order valence-electron chi connectivity index (χ4n) is 4.67. The number of fused-ring (bicyclic) bond motifs is 2. The van der Waals surface area contributed by atoms with Crippen molar-refractivity contribution in [1.29, 1.82) is 0 Å². The van der Waals surface area contributed by atoms with Crippen molar-refractivity contribution in [2.75, 3.05) is 0 Å². The maximum Gasteiger partial charge on any atom is 0.309 e. The van der Waals surface area contributed by atoms with E-state index in [1.165, 1.54) is 0 Å². The first kappa shape index (κ1) is 25.4. The summed E-state index contributed by atoms with van der Waals surface area (Å²) < 4.78 is 0. The standard InChI is InChI=1S/C30H32N2O4/c1-29(2,35)25(23-17-9-13-19-11-5-7-15-21(19)23)31-27(33)28(34)32-26(30(3,4)36)24-18-10-14-20-12-6-8-16-22(20)24/h5-18,25-26,35-36H,1-4H3,(H,31,33)(H,32,34). The second-order valence-electron chi connectivity index (χ2n) is 10.3. The van der Waals surface area contributed by atoms with E-state index in [1.807, 2.05) is 84.9 Å². The summed E-state index contributed by atoms with van der Waals surface area (Å²) in [5.74, 6) is -1.80. The van der Waals surface area contributed by atoms with E-state index in [4.69, 9.17) is 0 Å². The Morgan fingerprint density at radius 1 is 0.583 bits per heavy atom. The molecule has 0 aliphatic rings. The Labute approximate surface area is 211 Å². The Bertz CT molecular complexity index is 1300. The van der Waals surface area contributed by atoms with Crippen molar-refractivity contribution < 1.29 is 19.8 Å². The van der Waals surface area contributed by atoms with Crippen LogP contribution in [0.2, 0.25) is 0 Å². The lowest BCUT2D eigenvalue weighted by Crippen LogP contribution is -2.51. The third kappa shape index (κ3) is 5.25. The van der Waals surface area contributed by atoms with Crippen LogP contribution in [0.5, 0.6) is 0 Å². The average molecular weight is 485 g/mol. The highest BCUT2D eigenvalue weighted by Crippen LogP contribution is 2.33. The maximum absolute atomic E-state index is 13.2. The van der Waals surface area contributed by atoms with Crippen molar-refractivity contribution in [2.24, 2.45) is 0 Å². The first-order valence-electron chi connectivity index (χ1n) is 12.0. The van der Waals surface area contributed by atoms with Crippen molar-refractivity contribution in [3.63, 3.8) is 0 Å². The average Bonchev–Trinajstić information content (AvgIpc) is 2.83. The molecule has 2 unspecified atom stereocenters. The molecular formula is C30H32N2O4. The smallest absolute Gasteiger partial charge is 0.309 e. The minimum absolute atomic E-state index is 0.704. The van der Waals surface area contributed by atoms with Crippen LogP contribution in [0.1, 0.15) is 50.9 Å². The highest BCUT2D eigenvalue weighted by molar-refractivity contribution is 6.35. The molecule has 2 amide bonds. The lowest BCUT2D eigenvalue weighted by Gasteiger charge is -2.33. The summed E-state index contributed by atoms with van der Waals surface area (Å²) in [5, 5.41) is 31.0. The predicted octanol–water partition coefficient (Wildman–Crippen LogP) is 4.55. The number of amides is 2. The highest BCUT2D eigenvalue weighted by atomic mass is 16.3. The highest BCUT2D eigenvalue weighted by Gasteiger charge is 2.36. The van der Waals surface area contributed by atoms with Crippen LogP contribution in [0.25, 0.3) is 21.5 Å². The molecule has 4 rings (SSSR count). The Morgan fingerprint density at radius 3 is 1.28 bits per heavy atom. The molecule has 0 aromatic heterocycles. The van der Waals surface area contributed by atoms with E-state index in [9.17, 15) is 19.8 Å². The molecular weight excluding hydrogens is 452 g/mol. The Balaban J connectivity index is 1.64. The van der Waals surface area contributed by atoms with Gasteiger partial charge >= 0.3 is 11.8 Å². The fourth-order valence-corrected chi connectivity index (χ4v) is 4.67. The molecule has 6 nitrogen and oxygen atoms in total. The van der Waals surface area contributed by atoms with E-state index >= 15 is 0 Å². The van der Waals surface area contributed by atoms with Crippen LogP contribution in [0.4, 0.5) is 0 Å². The zero-order valence-corrected chi connectivity index (χ0v) is 20.9. The van der Waals surface area contributed by atoms with E-state index in [0.29, 0.717) is 11.1 Å². The fraction of sp³-hybridized carbons (Fsp3) is 0.267. The first-order chi connectivity index (χ1) is 17.0. The van der Waals surface area contributed by atoms with Crippen molar-refractivity contribution in [2.45, 2.75) is 51.0 Å². The lowest BCUT2D eigenvalue weighted by atomic mass is 9.88. The van der Waals surface area contributed by atoms with E-state index in [1.54, 1.807) is 27.7 Å². The van der Waals surface area contributed by atoms with Crippen molar-refractivity contribution in [3.8, 4) is 0 Å². The number of hydrogen-bond donors (Lipinski definition) is 4. The van der Waals surface area contributed by atoms with E-state index in [2.05, 4.69) is 10.6 Å². The molecule has 0 fully saturated rings. The molecule has 0 radical (unpaired) electrons. The topological polar surface area (TPSA) is 98.7 Å². The largest absolute Gasteiger partial charge is 0.388 e. The second kappa shape index (κ2) is 9.72. The van der Waals surface area contributed by atoms with Crippen LogP contribution in [-0.2, 0) is 9.59 Å². The lowest BCUT2D eigenvalue weighted by molar-refractivity contribution is -0.142. The molecule has 0 heterocycles. The Hall–Kier alpha value is -3.74. The van der Waals surface area contributed by atoms with Gasteiger partial charge in [-0.05, 0) is 60.4 Å². The first-order valence-corrected chi connectivity index (χ1v) is 12.0. The molecule has 0 aliphatic heterocycles. The quantitative estimate of drug-likeness (QED) is 0.302. The summed E-state index contributed by atoms with van der Waals surface area (Å²) in [6.07, 6.45) is 0. The van der Waals surface area contributed by atoms with Crippen LogP contribution in [0, 0.1) is 0 Å².